The average molecular weight is 287 g/mol. The van der Waals surface area contributed by atoms with Gasteiger partial charge in [0.05, 0.1) is 12.1 Å². The first-order valence-electron chi connectivity index (χ1n) is 8.20. The van der Waals surface area contributed by atoms with Gasteiger partial charge in [-0.2, -0.15) is 0 Å². The Morgan fingerprint density at radius 3 is 3.00 bits per heavy atom. The molecule has 21 heavy (non-hydrogen) atoms. The van der Waals surface area contributed by atoms with Gasteiger partial charge in [-0.25, -0.2) is 0 Å². The molecule has 0 bridgehead atoms. The van der Waals surface area contributed by atoms with Crippen LogP contribution < -0.4 is 10.6 Å². The number of piperidine rings is 1. The zero-order chi connectivity index (χ0) is 14.7. The van der Waals surface area contributed by atoms with Gasteiger partial charge in [0, 0.05) is 18.4 Å². The van der Waals surface area contributed by atoms with Gasteiger partial charge in [0.25, 0.3) is 0 Å². The molecule has 1 saturated carbocycles. The first-order chi connectivity index (χ1) is 10.2. The summed E-state index contributed by atoms with van der Waals surface area (Å²) < 4.78 is 0. The molecule has 2 heterocycles. The number of carbonyl (C=O) groups excluding carboxylic acids is 1. The van der Waals surface area contributed by atoms with Gasteiger partial charge in [0.1, 0.15) is 0 Å². The first kappa shape index (κ1) is 14.5. The fourth-order valence-corrected chi connectivity index (χ4v) is 3.73. The molecule has 0 aromatic carbocycles. The molecular weight excluding hydrogens is 262 g/mol. The van der Waals surface area contributed by atoms with Gasteiger partial charge in [0.2, 0.25) is 5.91 Å². The third-order valence-corrected chi connectivity index (χ3v) is 5.01. The summed E-state index contributed by atoms with van der Waals surface area (Å²) in [6.45, 7) is 2.02. The third-order valence-electron chi connectivity index (χ3n) is 5.01. The van der Waals surface area contributed by atoms with E-state index >= 15 is 0 Å². The van der Waals surface area contributed by atoms with Crippen molar-refractivity contribution in [2.24, 2.45) is 5.92 Å². The van der Waals surface area contributed by atoms with Gasteiger partial charge >= 0.3 is 0 Å². The maximum Gasteiger partial charge on any atom is 0.237 e. The van der Waals surface area contributed by atoms with E-state index in [1.807, 2.05) is 25.3 Å². The van der Waals surface area contributed by atoms with Gasteiger partial charge in [-0.05, 0) is 50.2 Å². The largest absolute Gasteiger partial charge is 0.348 e. The number of aromatic nitrogens is 1. The monoisotopic (exact) mass is 287 g/mol. The van der Waals surface area contributed by atoms with Crippen molar-refractivity contribution in [3.8, 4) is 0 Å². The molecule has 3 unspecified atom stereocenters. The van der Waals surface area contributed by atoms with E-state index < -0.39 is 0 Å². The fraction of sp³-hybridized carbons (Fsp3) is 0.647. The minimum atomic E-state index is -0.0246. The highest BCUT2D eigenvalue weighted by Gasteiger charge is 2.34. The lowest BCUT2D eigenvalue weighted by molar-refractivity contribution is -0.125. The number of hydrogen-bond donors (Lipinski definition) is 2. The van der Waals surface area contributed by atoms with Gasteiger partial charge in [-0.1, -0.05) is 18.9 Å². The molecule has 2 N–H and O–H groups in total. The van der Waals surface area contributed by atoms with E-state index in [0.29, 0.717) is 6.04 Å². The summed E-state index contributed by atoms with van der Waals surface area (Å²) in [5.74, 6) is 0.925. The summed E-state index contributed by atoms with van der Waals surface area (Å²) in [5, 5.41) is 6.70. The lowest BCUT2D eigenvalue weighted by Gasteiger charge is -2.40. The molecule has 2 fully saturated rings. The van der Waals surface area contributed by atoms with Crippen LogP contribution in [0.4, 0.5) is 0 Å². The molecule has 4 heteroatoms. The summed E-state index contributed by atoms with van der Waals surface area (Å²) in [6.07, 6.45) is 10.9. The number of rotatable bonds is 3. The summed E-state index contributed by atoms with van der Waals surface area (Å²) in [6, 6.07) is 4.45. The first-order valence-corrected chi connectivity index (χ1v) is 8.20. The minimum absolute atomic E-state index is 0.0112. The van der Waals surface area contributed by atoms with Gasteiger partial charge in [0.15, 0.2) is 0 Å². The zero-order valence-electron chi connectivity index (χ0n) is 12.7. The van der Waals surface area contributed by atoms with Crippen molar-refractivity contribution in [2.75, 3.05) is 0 Å². The average Bonchev–Trinajstić information content (AvgIpc) is 2.55. The second kappa shape index (κ2) is 6.56. The summed E-state index contributed by atoms with van der Waals surface area (Å²) in [5.41, 5.74) is 1.05. The Balaban J connectivity index is 1.56. The van der Waals surface area contributed by atoms with Crippen LogP contribution in [0.5, 0.6) is 0 Å². The number of nitrogens with zero attached hydrogens (tertiary/aromatic N) is 1. The molecule has 1 aromatic heterocycles. The maximum absolute atomic E-state index is 12.5. The lowest BCUT2D eigenvalue weighted by atomic mass is 9.77. The van der Waals surface area contributed by atoms with E-state index in [9.17, 15) is 4.79 Å². The van der Waals surface area contributed by atoms with Crippen LogP contribution in [0, 0.1) is 5.92 Å². The topological polar surface area (TPSA) is 54.0 Å². The molecule has 0 spiro atoms. The highest BCUT2D eigenvalue weighted by Crippen LogP contribution is 2.32. The Morgan fingerprint density at radius 1 is 1.33 bits per heavy atom. The van der Waals surface area contributed by atoms with E-state index in [2.05, 4.69) is 15.6 Å². The summed E-state index contributed by atoms with van der Waals surface area (Å²) in [4.78, 5) is 16.6. The molecule has 114 valence electrons. The number of pyridine rings is 1. The van der Waals surface area contributed by atoms with Crippen molar-refractivity contribution in [1.82, 2.24) is 15.6 Å². The zero-order valence-corrected chi connectivity index (χ0v) is 12.7. The van der Waals surface area contributed by atoms with Crippen molar-refractivity contribution in [2.45, 2.75) is 63.6 Å². The second-order valence-electron chi connectivity index (χ2n) is 6.46. The molecule has 2 aliphatic rings. The fourth-order valence-electron chi connectivity index (χ4n) is 3.73. The van der Waals surface area contributed by atoms with Crippen molar-refractivity contribution < 1.29 is 4.79 Å². The van der Waals surface area contributed by atoms with E-state index in [1.165, 1.54) is 32.1 Å². The highest BCUT2D eigenvalue weighted by atomic mass is 16.2. The van der Waals surface area contributed by atoms with Crippen LogP contribution in [0.1, 0.15) is 57.1 Å². The van der Waals surface area contributed by atoms with Crippen LogP contribution >= 0.6 is 0 Å². The molecule has 1 aliphatic heterocycles. The van der Waals surface area contributed by atoms with E-state index in [-0.39, 0.29) is 18.0 Å². The van der Waals surface area contributed by atoms with E-state index in [0.717, 1.165) is 17.9 Å². The van der Waals surface area contributed by atoms with Crippen LogP contribution in [-0.4, -0.2) is 23.0 Å². The Labute approximate surface area is 126 Å². The minimum Gasteiger partial charge on any atom is -0.348 e. The Hall–Kier alpha value is -1.42. The van der Waals surface area contributed by atoms with Crippen LogP contribution in [-0.2, 0) is 4.79 Å². The smallest absolute Gasteiger partial charge is 0.237 e. The van der Waals surface area contributed by atoms with Crippen molar-refractivity contribution in [1.29, 1.82) is 0 Å². The molecule has 0 radical (unpaired) electrons. The quantitative estimate of drug-likeness (QED) is 0.898. The summed E-state index contributed by atoms with van der Waals surface area (Å²) >= 11 is 0. The van der Waals surface area contributed by atoms with Crippen LogP contribution in [0.25, 0.3) is 0 Å². The molecule has 1 aromatic rings. The predicted octanol–water partition coefficient (Wildman–Crippen LogP) is 2.57. The standard InChI is InChI=1S/C17H25N3O/c1-12(14-6-4-10-18-11-14)19-17(21)16-9-8-13-5-2-3-7-15(13)20-16/h4,6,10-13,15-16,20H,2-3,5,7-9H2,1H3,(H,19,21)/t12-,13?,15?,16?/m1/s1. The molecule has 1 amide bonds. The Morgan fingerprint density at radius 2 is 2.19 bits per heavy atom. The van der Waals surface area contributed by atoms with Crippen molar-refractivity contribution in [3.05, 3.63) is 30.1 Å². The van der Waals surface area contributed by atoms with Crippen molar-refractivity contribution in [3.63, 3.8) is 0 Å². The van der Waals surface area contributed by atoms with E-state index in [1.54, 1.807) is 6.20 Å². The Kier molecular flexibility index (Phi) is 4.54. The number of hydrogen-bond acceptors (Lipinski definition) is 3. The summed E-state index contributed by atoms with van der Waals surface area (Å²) in [7, 11) is 0. The molecule has 4 nitrogen and oxygen atoms in total. The van der Waals surface area contributed by atoms with E-state index in [4.69, 9.17) is 0 Å². The van der Waals surface area contributed by atoms with Crippen molar-refractivity contribution >= 4 is 5.91 Å². The number of carbonyl (C=O) groups is 1. The third kappa shape index (κ3) is 3.43. The Bertz CT molecular complexity index is 476. The molecule has 4 atom stereocenters. The van der Waals surface area contributed by atoms with Crippen LogP contribution in [0.3, 0.4) is 0 Å². The number of amides is 1. The number of fused-ring (bicyclic) bond motifs is 1. The normalized spacial score (nSPS) is 30.2. The van der Waals surface area contributed by atoms with Gasteiger partial charge in [-0.3, -0.25) is 9.78 Å². The molecule has 1 saturated heterocycles. The lowest BCUT2D eigenvalue weighted by Crippen LogP contribution is -2.55. The van der Waals surface area contributed by atoms with Gasteiger partial charge in [-0.15, -0.1) is 0 Å². The highest BCUT2D eigenvalue weighted by molar-refractivity contribution is 5.82. The van der Waals surface area contributed by atoms with Crippen LogP contribution in [0.2, 0.25) is 0 Å². The predicted molar refractivity (Wildman–Crippen MR) is 82.7 cm³/mol. The van der Waals surface area contributed by atoms with Crippen LogP contribution in [0.15, 0.2) is 24.5 Å². The molecule has 1 aliphatic carbocycles. The molecular formula is C17H25N3O. The molecule has 3 rings (SSSR count). The second-order valence-corrected chi connectivity index (χ2v) is 6.46. The maximum atomic E-state index is 12.5. The number of nitrogens with one attached hydrogen (secondary N) is 2. The SMILES string of the molecule is C[C@@H](NC(=O)C1CCC2CCCCC2N1)c1cccnc1. The van der Waals surface area contributed by atoms with Gasteiger partial charge < -0.3 is 10.6 Å².